The van der Waals surface area contributed by atoms with Crippen molar-refractivity contribution < 1.29 is 4.74 Å². The first kappa shape index (κ1) is 11.0. The van der Waals surface area contributed by atoms with Crippen LogP contribution in [0.5, 0.6) is 0 Å². The summed E-state index contributed by atoms with van der Waals surface area (Å²) in [6, 6.07) is 1.45. The minimum absolute atomic E-state index is 0.718. The van der Waals surface area contributed by atoms with Crippen LogP contribution in [0.1, 0.15) is 13.3 Å². The average molecular weight is 186 g/mol. The van der Waals surface area contributed by atoms with Gasteiger partial charge in [-0.15, -0.1) is 0 Å². The van der Waals surface area contributed by atoms with Crippen LogP contribution in [0.25, 0.3) is 0 Å². The predicted octanol–water partition coefficient (Wildman–Crippen LogP) is 0.657. The summed E-state index contributed by atoms with van der Waals surface area (Å²) in [4.78, 5) is 4.83. The monoisotopic (exact) mass is 186 g/mol. The lowest BCUT2D eigenvalue weighted by molar-refractivity contribution is 0.140. The summed E-state index contributed by atoms with van der Waals surface area (Å²) >= 11 is 0. The molecule has 0 N–H and O–H groups in total. The molecule has 78 valence electrons. The smallest absolute Gasteiger partial charge is 0.0589 e. The van der Waals surface area contributed by atoms with Gasteiger partial charge in [0.2, 0.25) is 0 Å². The third-order valence-electron chi connectivity index (χ3n) is 3.14. The Balaban J connectivity index is 2.28. The van der Waals surface area contributed by atoms with Crippen LogP contribution in [-0.4, -0.2) is 62.8 Å². The third-order valence-corrected chi connectivity index (χ3v) is 3.14. The molecular weight excluding hydrogens is 164 g/mol. The highest BCUT2D eigenvalue weighted by molar-refractivity contribution is 4.85. The first-order chi connectivity index (χ1) is 6.15. The Morgan fingerprint density at radius 2 is 2.23 bits per heavy atom. The van der Waals surface area contributed by atoms with Crippen molar-refractivity contribution >= 4 is 0 Å². The molecule has 1 aliphatic heterocycles. The third kappa shape index (κ3) is 2.93. The second-order valence-corrected chi connectivity index (χ2v) is 4.15. The molecule has 0 aromatic heterocycles. The number of methoxy groups -OCH3 is 1. The second-order valence-electron chi connectivity index (χ2n) is 4.15. The molecule has 1 saturated heterocycles. The highest BCUT2D eigenvalue weighted by atomic mass is 16.5. The van der Waals surface area contributed by atoms with Crippen LogP contribution in [0, 0.1) is 0 Å². The van der Waals surface area contributed by atoms with Crippen molar-refractivity contribution in [1.82, 2.24) is 9.80 Å². The van der Waals surface area contributed by atoms with Crippen molar-refractivity contribution in [3.63, 3.8) is 0 Å². The maximum atomic E-state index is 5.07. The van der Waals surface area contributed by atoms with Crippen molar-refractivity contribution in [1.29, 1.82) is 0 Å². The Labute approximate surface area is 81.7 Å². The van der Waals surface area contributed by atoms with Gasteiger partial charge in [-0.25, -0.2) is 0 Å². The molecule has 0 spiro atoms. The van der Waals surface area contributed by atoms with Crippen molar-refractivity contribution in [3.05, 3.63) is 0 Å². The Kier molecular flexibility index (Phi) is 4.16. The van der Waals surface area contributed by atoms with E-state index in [4.69, 9.17) is 4.74 Å². The standard InChI is InChI=1S/C10H22N2O/c1-9-7-10(8-12(9)3)11(2)5-6-13-4/h9-10H,5-8H2,1-4H3/t9-,10-/m0/s1. The van der Waals surface area contributed by atoms with Crippen molar-refractivity contribution in [3.8, 4) is 0 Å². The van der Waals surface area contributed by atoms with E-state index >= 15 is 0 Å². The molecule has 3 nitrogen and oxygen atoms in total. The molecule has 2 atom stereocenters. The van der Waals surface area contributed by atoms with E-state index in [0.717, 1.165) is 25.2 Å². The number of hydrogen-bond acceptors (Lipinski definition) is 3. The Morgan fingerprint density at radius 3 is 2.69 bits per heavy atom. The molecule has 3 heteroatoms. The molecule has 0 bridgehead atoms. The van der Waals surface area contributed by atoms with Crippen LogP contribution in [0.2, 0.25) is 0 Å². The fraction of sp³-hybridized carbons (Fsp3) is 1.00. The molecule has 0 aromatic carbocycles. The van der Waals surface area contributed by atoms with Gasteiger partial charge in [-0.3, -0.25) is 4.90 Å². The lowest BCUT2D eigenvalue weighted by atomic mass is 10.2. The van der Waals surface area contributed by atoms with Gasteiger partial charge in [0, 0.05) is 32.3 Å². The number of nitrogens with zero attached hydrogens (tertiary/aromatic N) is 2. The van der Waals surface area contributed by atoms with E-state index in [1.165, 1.54) is 13.0 Å². The summed E-state index contributed by atoms with van der Waals surface area (Å²) in [6.07, 6.45) is 1.29. The average Bonchev–Trinajstić information content (AvgIpc) is 2.43. The molecule has 1 aliphatic rings. The topological polar surface area (TPSA) is 15.7 Å². The van der Waals surface area contributed by atoms with Crippen molar-refractivity contribution in [2.75, 3.05) is 40.9 Å². The van der Waals surface area contributed by atoms with Crippen LogP contribution < -0.4 is 0 Å². The van der Waals surface area contributed by atoms with E-state index in [1.54, 1.807) is 7.11 Å². The molecule has 1 fully saturated rings. The Morgan fingerprint density at radius 1 is 1.54 bits per heavy atom. The number of hydrogen-bond donors (Lipinski definition) is 0. The molecule has 0 aromatic rings. The quantitative estimate of drug-likeness (QED) is 0.641. The van der Waals surface area contributed by atoms with Gasteiger partial charge < -0.3 is 9.64 Å². The molecule has 0 unspecified atom stereocenters. The van der Waals surface area contributed by atoms with E-state index in [9.17, 15) is 0 Å². The maximum Gasteiger partial charge on any atom is 0.0589 e. The van der Waals surface area contributed by atoms with E-state index in [2.05, 4.69) is 30.8 Å². The lowest BCUT2D eigenvalue weighted by Crippen LogP contribution is -2.35. The molecule has 1 rings (SSSR count). The molecule has 0 saturated carbocycles. The van der Waals surface area contributed by atoms with Gasteiger partial charge in [0.05, 0.1) is 6.61 Å². The summed E-state index contributed by atoms with van der Waals surface area (Å²) in [5.41, 5.74) is 0. The fourth-order valence-corrected chi connectivity index (χ4v) is 1.90. The van der Waals surface area contributed by atoms with E-state index in [0.29, 0.717) is 0 Å². The molecule has 13 heavy (non-hydrogen) atoms. The van der Waals surface area contributed by atoms with Gasteiger partial charge in [-0.1, -0.05) is 0 Å². The molecule has 0 aliphatic carbocycles. The lowest BCUT2D eigenvalue weighted by Gasteiger charge is -2.23. The van der Waals surface area contributed by atoms with Crippen molar-refractivity contribution in [2.24, 2.45) is 0 Å². The van der Waals surface area contributed by atoms with E-state index < -0.39 is 0 Å². The first-order valence-corrected chi connectivity index (χ1v) is 5.04. The summed E-state index contributed by atoms with van der Waals surface area (Å²) in [5.74, 6) is 0. The normalized spacial score (nSPS) is 30.2. The van der Waals surface area contributed by atoms with Crippen LogP contribution in [0.15, 0.2) is 0 Å². The van der Waals surface area contributed by atoms with Crippen LogP contribution in [-0.2, 0) is 4.74 Å². The SMILES string of the molecule is COCCN(C)[C@H]1C[C@H](C)N(C)C1. The number of likely N-dealkylation sites (tertiary alicyclic amines) is 1. The zero-order valence-corrected chi connectivity index (χ0v) is 9.29. The fourth-order valence-electron chi connectivity index (χ4n) is 1.90. The molecule has 0 amide bonds. The van der Waals surface area contributed by atoms with E-state index in [-0.39, 0.29) is 0 Å². The Bertz CT molecular complexity index is 142. The molecule has 0 radical (unpaired) electrons. The van der Waals surface area contributed by atoms with Gasteiger partial charge in [-0.05, 0) is 27.4 Å². The highest BCUT2D eigenvalue weighted by Gasteiger charge is 2.28. The van der Waals surface area contributed by atoms with Gasteiger partial charge in [0.25, 0.3) is 0 Å². The summed E-state index contributed by atoms with van der Waals surface area (Å²) in [7, 11) is 6.15. The highest BCUT2D eigenvalue weighted by Crippen LogP contribution is 2.18. The van der Waals surface area contributed by atoms with Gasteiger partial charge in [0.1, 0.15) is 0 Å². The van der Waals surface area contributed by atoms with E-state index in [1.807, 2.05) is 0 Å². The number of ether oxygens (including phenoxy) is 1. The minimum Gasteiger partial charge on any atom is -0.383 e. The Hall–Kier alpha value is -0.120. The summed E-state index contributed by atoms with van der Waals surface area (Å²) < 4.78 is 5.07. The van der Waals surface area contributed by atoms with Crippen LogP contribution in [0.4, 0.5) is 0 Å². The minimum atomic E-state index is 0.718. The number of rotatable bonds is 4. The zero-order valence-electron chi connectivity index (χ0n) is 9.29. The van der Waals surface area contributed by atoms with Gasteiger partial charge >= 0.3 is 0 Å². The second kappa shape index (κ2) is 4.94. The summed E-state index contributed by atoms with van der Waals surface area (Å²) in [6.45, 7) is 5.37. The zero-order chi connectivity index (χ0) is 9.84. The maximum absolute atomic E-state index is 5.07. The first-order valence-electron chi connectivity index (χ1n) is 5.04. The van der Waals surface area contributed by atoms with Gasteiger partial charge in [-0.2, -0.15) is 0 Å². The van der Waals surface area contributed by atoms with Crippen LogP contribution in [0.3, 0.4) is 0 Å². The largest absolute Gasteiger partial charge is 0.383 e. The summed E-state index contributed by atoms with van der Waals surface area (Å²) in [5, 5.41) is 0. The van der Waals surface area contributed by atoms with Gasteiger partial charge in [0.15, 0.2) is 0 Å². The molecular formula is C10H22N2O. The van der Waals surface area contributed by atoms with Crippen LogP contribution >= 0.6 is 0 Å². The predicted molar refractivity (Wildman–Crippen MR) is 55.0 cm³/mol. The molecule has 1 heterocycles. The number of likely N-dealkylation sites (N-methyl/N-ethyl adjacent to an activating group) is 2. The van der Waals surface area contributed by atoms with Crippen molar-refractivity contribution in [2.45, 2.75) is 25.4 Å².